The highest BCUT2D eigenvalue weighted by molar-refractivity contribution is 14.1. The summed E-state index contributed by atoms with van der Waals surface area (Å²) in [5.74, 6) is -0.680. The summed E-state index contributed by atoms with van der Waals surface area (Å²) in [5, 5.41) is 10.5. The van der Waals surface area contributed by atoms with E-state index in [0.717, 1.165) is 18.4 Å². The Morgan fingerprint density at radius 3 is 2.17 bits per heavy atom. The van der Waals surface area contributed by atoms with Crippen LogP contribution in [0.1, 0.15) is 10.4 Å². The number of sulfone groups is 1. The summed E-state index contributed by atoms with van der Waals surface area (Å²) in [7, 11) is -3.66. The third-order valence-corrected chi connectivity index (χ3v) is 8.20. The molecule has 1 atom stereocenters. The maximum atomic E-state index is 12.0. The van der Waals surface area contributed by atoms with Gasteiger partial charge in [0.2, 0.25) is 7.45 Å². The minimum absolute atomic E-state index is 0.0808. The molecule has 0 unspecified atom stereocenters. The second kappa shape index (κ2) is 5.21. The summed E-state index contributed by atoms with van der Waals surface area (Å²) in [6.07, 6.45) is 0.928. The Morgan fingerprint density at radius 1 is 1.39 bits per heavy atom. The summed E-state index contributed by atoms with van der Waals surface area (Å²) in [4.78, 5) is 21.8. The second-order valence-electron chi connectivity index (χ2n) is 3.42. The Kier molecular flexibility index (Phi) is 4.49. The first-order valence-corrected chi connectivity index (χ1v) is 8.20. The topological polar surface area (TPSA) is 94.3 Å². The molecule has 0 amide bonds. The summed E-state index contributed by atoms with van der Waals surface area (Å²) in [5.41, 5.74) is -0.0863. The molecule has 0 aliphatic heterocycles. The number of nitrogens with zero attached hydrogens (tertiary/aromatic N) is 1. The van der Waals surface area contributed by atoms with Gasteiger partial charge in [-0.05, 0) is 50.7 Å². The molecule has 0 bridgehead atoms. The standard InChI is InChI=1S/C9H7BrINO5S/c1-18(16,17)9(10,11)8(13)6-2-4-7(5-3-6)12(14)15/h2-5H,1H3/t9-/m1/s1. The Morgan fingerprint density at radius 2 is 1.83 bits per heavy atom. The van der Waals surface area contributed by atoms with Crippen molar-refractivity contribution in [2.24, 2.45) is 0 Å². The van der Waals surface area contributed by atoms with Gasteiger partial charge in [0.1, 0.15) is 0 Å². The van der Waals surface area contributed by atoms with Gasteiger partial charge in [-0.3, -0.25) is 14.9 Å². The lowest BCUT2D eigenvalue weighted by Crippen LogP contribution is -2.33. The lowest BCUT2D eigenvalue weighted by Gasteiger charge is -2.16. The normalized spacial score (nSPS) is 14.8. The number of nitro groups is 1. The number of rotatable bonds is 4. The van der Waals surface area contributed by atoms with E-state index in [2.05, 4.69) is 15.9 Å². The van der Waals surface area contributed by atoms with E-state index in [4.69, 9.17) is 0 Å². The molecular formula is C9H7BrINO5S. The molecule has 0 fully saturated rings. The van der Waals surface area contributed by atoms with E-state index in [1.54, 1.807) is 0 Å². The Bertz CT molecular complexity index is 596. The fourth-order valence-electron chi connectivity index (χ4n) is 1.07. The quantitative estimate of drug-likeness (QED) is 0.232. The average molecular weight is 448 g/mol. The van der Waals surface area contributed by atoms with Gasteiger partial charge < -0.3 is 0 Å². The molecule has 9 heteroatoms. The molecule has 0 aromatic heterocycles. The molecule has 0 heterocycles. The molecule has 0 N–H and O–H groups in total. The molecule has 1 aromatic carbocycles. The van der Waals surface area contributed by atoms with Crippen LogP contribution in [-0.4, -0.2) is 27.0 Å². The highest BCUT2D eigenvalue weighted by Crippen LogP contribution is 2.36. The van der Waals surface area contributed by atoms with E-state index >= 15 is 0 Å². The van der Waals surface area contributed by atoms with Gasteiger partial charge in [0.25, 0.3) is 5.69 Å². The van der Waals surface area contributed by atoms with E-state index < -0.39 is 22.2 Å². The molecule has 0 spiro atoms. The Hall–Kier alpha value is -0.550. The fraction of sp³-hybridized carbons (Fsp3) is 0.222. The van der Waals surface area contributed by atoms with Crippen LogP contribution in [0.5, 0.6) is 0 Å². The number of alkyl halides is 2. The van der Waals surface area contributed by atoms with Crippen LogP contribution < -0.4 is 0 Å². The van der Waals surface area contributed by atoms with Crippen LogP contribution in [0.15, 0.2) is 24.3 Å². The Balaban J connectivity index is 3.17. The number of carbonyl (C=O) groups excluding carboxylic acids is 1. The zero-order chi connectivity index (χ0) is 14.1. The molecule has 0 radical (unpaired) electrons. The van der Waals surface area contributed by atoms with Crippen molar-refractivity contribution in [2.45, 2.75) is 1.66 Å². The van der Waals surface area contributed by atoms with Crippen LogP contribution in [0.2, 0.25) is 0 Å². The van der Waals surface area contributed by atoms with E-state index in [9.17, 15) is 23.3 Å². The first-order chi connectivity index (χ1) is 8.07. The van der Waals surface area contributed by atoms with Crippen molar-refractivity contribution in [1.29, 1.82) is 0 Å². The zero-order valence-corrected chi connectivity index (χ0v) is 13.5. The zero-order valence-electron chi connectivity index (χ0n) is 8.96. The maximum absolute atomic E-state index is 12.0. The van der Waals surface area contributed by atoms with Crippen molar-refractivity contribution >= 4 is 59.8 Å². The van der Waals surface area contributed by atoms with Crippen molar-refractivity contribution in [2.75, 3.05) is 6.26 Å². The van der Waals surface area contributed by atoms with Crippen molar-refractivity contribution < 1.29 is 18.1 Å². The lowest BCUT2D eigenvalue weighted by molar-refractivity contribution is -0.384. The summed E-state index contributed by atoms with van der Waals surface area (Å²) in [6, 6.07) is 4.74. The molecule has 0 aliphatic carbocycles. The van der Waals surface area contributed by atoms with Gasteiger partial charge in [-0.25, -0.2) is 8.42 Å². The van der Waals surface area contributed by atoms with Gasteiger partial charge in [0, 0.05) is 24.0 Å². The molecule has 0 saturated carbocycles. The predicted molar refractivity (Wildman–Crippen MR) is 77.9 cm³/mol. The number of benzene rings is 1. The fourth-order valence-corrected chi connectivity index (χ4v) is 2.07. The van der Waals surface area contributed by atoms with E-state index in [1.807, 2.05) is 0 Å². The highest BCUT2D eigenvalue weighted by Gasteiger charge is 2.43. The summed E-state index contributed by atoms with van der Waals surface area (Å²) >= 11 is 4.35. The number of nitro benzene ring substituents is 1. The number of Topliss-reactive ketones (excluding diaryl/α,β-unsaturated/α-hetero) is 1. The van der Waals surface area contributed by atoms with E-state index in [0.29, 0.717) is 0 Å². The average Bonchev–Trinajstić information content (AvgIpc) is 2.26. The van der Waals surface area contributed by atoms with Gasteiger partial charge in [-0.1, -0.05) is 0 Å². The van der Waals surface area contributed by atoms with Crippen molar-refractivity contribution in [1.82, 2.24) is 0 Å². The van der Waals surface area contributed by atoms with Crippen molar-refractivity contribution in [3.8, 4) is 0 Å². The minimum atomic E-state index is -3.66. The molecule has 1 rings (SSSR count). The van der Waals surface area contributed by atoms with Crippen molar-refractivity contribution in [3.63, 3.8) is 0 Å². The molecule has 0 aliphatic rings. The van der Waals surface area contributed by atoms with Crippen LogP contribution in [0.4, 0.5) is 5.69 Å². The van der Waals surface area contributed by atoms with Gasteiger partial charge in [0.05, 0.1) is 4.92 Å². The van der Waals surface area contributed by atoms with Crippen LogP contribution in [0, 0.1) is 10.1 Å². The largest absolute Gasteiger partial charge is 0.290 e. The number of carbonyl (C=O) groups is 1. The van der Waals surface area contributed by atoms with Gasteiger partial charge in [-0.2, -0.15) is 0 Å². The van der Waals surface area contributed by atoms with E-state index in [-0.39, 0.29) is 11.3 Å². The van der Waals surface area contributed by atoms with Crippen LogP contribution >= 0.6 is 38.5 Å². The third kappa shape index (κ3) is 3.06. The lowest BCUT2D eigenvalue weighted by atomic mass is 10.1. The number of halogens is 2. The van der Waals surface area contributed by atoms with Crippen LogP contribution in [0.25, 0.3) is 0 Å². The summed E-state index contributed by atoms with van der Waals surface area (Å²) in [6.45, 7) is 0. The number of ketones is 1. The number of non-ortho nitro benzene ring substituents is 1. The maximum Gasteiger partial charge on any atom is 0.269 e. The first-order valence-electron chi connectivity index (χ1n) is 4.44. The predicted octanol–water partition coefficient (Wildman–Crippen LogP) is 2.31. The molecule has 0 saturated heterocycles. The molecule has 98 valence electrons. The van der Waals surface area contributed by atoms with Crippen molar-refractivity contribution in [3.05, 3.63) is 39.9 Å². The van der Waals surface area contributed by atoms with E-state index in [1.165, 1.54) is 34.7 Å². The summed E-state index contributed by atoms with van der Waals surface area (Å²) < 4.78 is 21.1. The molecule has 18 heavy (non-hydrogen) atoms. The van der Waals surface area contributed by atoms with Gasteiger partial charge >= 0.3 is 0 Å². The molecule has 1 aromatic rings. The van der Waals surface area contributed by atoms with Crippen LogP contribution in [-0.2, 0) is 9.84 Å². The highest BCUT2D eigenvalue weighted by atomic mass is 127. The second-order valence-corrected chi connectivity index (χ2v) is 11.1. The van der Waals surface area contributed by atoms with Gasteiger partial charge in [-0.15, -0.1) is 0 Å². The van der Waals surface area contributed by atoms with Crippen LogP contribution in [0.3, 0.4) is 0 Å². The third-order valence-electron chi connectivity index (χ3n) is 2.07. The number of hydrogen-bond donors (Lipinski definition) is 0. The molecular weight excluding hydrogens is 441 g/mol. The molecule has 6 nitrogen and oxygen atoms in total. The smallest absolute Gasteiger partial charge is 0.269 e. The Labute approximate surface area is 125 Å². The monoisotopic (exact) mass is 447 g/mol. The SMILES string of the molecule is CS(=O)(=O)[C@](Br)(I)C(=O)c1ccc([N+](=O)[O-])cc1. The minimum Gasteiger partial charge on any atom is -0.290 e. The first kappa shape index (κ1) is 15.5. The van der Waals surface area contributed by atoms with Gasteiger partial charge in [0.15, 0.2) is 9.84 Å². The number of hydrogen-bond acceptors (Lipinski definition) is 5.